The van der Waals surface area contributed by atoms with Gasteiger partial charge >= 0.3 is 0 Å². The van der Waals surface area contributed by atoms with Gasteiger partial charge in [-0.2, -0.15) is 8.42 Å². The second-order valence-corrected chi connectivity index (χ2v) is 14.4. The highest BCUT2D eigenvalue weighted by atomic mass is 32.2. The highest BCUT2D eigenvalue weighted by Crippen LogP contribution is 2.49. The molecule has 1 aliphatic carbocycles. The number of carbonyl (C=O) groups is 1. The zero-order valence-electron chi connectivity index (χ0n) is 28.1. The van der Waals surface area contributed by atoms with Crippen LogP contribution >= 0.6 is 0 Å². The molecule has 242 valence electrons. The lowest BCUT2D eigenvalue weighted by molar-refractivity contribution is -0.113. The Bertz CT molecular complexity index is 1710. The second-order valence-electron chi connectivity index (χ2n) is 12.9. The van der Waals surface area contributed by atoms with Gasteiger partial charge in [0, 0.05) is 41.5 Å². The first kappa shape index (κ1) is 34.3. The molecule has 0 fully saturated rings. The number of hydrogen-bond acceptors (Lipinski definition) is 7. The molecule has 1 heterocycles. The minimum absolute atomic E-state index is 0.129. The van der Waals surface area contributed by atoms with E-state index in [9.17, 15) is 17.8 Å². The van der Waals surface area contributed by atoms with Gasteiger partial charge in [-0.05, 0) is 86.9 Å². The van der Waals surface area contributed by atoms with Crippen LogP contribution in [0.2, 0.25) is 0 Å². The maximum atomic E-state index is 13.8. The second kappa shape index (κ2) is 13.1. The summed E-state index contributed by atoms with van der Waals surface area (Å²) in [6.45, 7) is 15.2. The number of unbranched alkanes of at least 4 members (excludes halogenated alkanes) is 1. The van der Waals surface area contributed by atoms with Crippen molar-refractivity contribution in [1.29, 1.82) is 0 Å². The Morgan fingerprint density at radius 3 is 2.47 bits per heavy atom. The summed E-state index contributed by atoms with van der Waals surface area (Å²) in [4.78, 5) is 22.8. The molecule has 9 heteroatoms. The van der Waals surface area contributed by atoms with Crippen LogP contribution in [-0.4, -0.2) is 70.2 Å². The third kappa shape index (κ3) is 6.57. The first-order chi connectivity index (χ1) is 21.1. The number of nitrogens with zero attached hydrogens (tertiary/aromatic N) is 3. The zero-order valence-corrected chi connectivity index (χ0v) is 28.9. The van der Waals surface area contributed by atoms with Gasteiger partial charge in [0.25, 0.3) is 10.1 Å². The van der Waals surface area contributed by atoms with Gasteiger partial charge in [0.2, 0.25) is 5.78 Å². The highest BCUT2D eigenvalue weighted by Gasteiger charge is 2.43. The molecule has 0 aromatic heterocycles. The van der Waals surface area contributed by atoms with E-state index in [1.54, 1.807) is 26.3 Å². The van der Waals surface area contributed by atoms with E-state index in [0.717, 1.165) is 43.7 Å². The number of allylic oxidation sites excluding steroid dienone is 5. The lowest BCUT2D eigenvalue weighted by Crippen LogP contribution is -2.33. The molecule has 45 heavy (non-hydrogen) atoms. The number of anilines is 1. The molecule has 0 saturated carbocycles. The van der Waals surface area contributed by atoms with Gasteiger partial charge in [-0.3, -0.25) is 14.3 Å². The Balaban J connectivity index is 1.73. The minimum Gasteiger partial charge on any atom is -0.495 e. The topological polar surface area (TPSA) is 99.5 Å². The molecule has 0 spiro atoms. The highest BCUT2D eigenvalue weighted by molar-refractivity contribution is 7.85. The molecule has 0 bridgehead atoms. The average molecular weight is 634 g/mol. The maximum Gasteiger partial charge on any atom is 0.294 e. The van der Waals surface area contributed by atoms with Gasteiger partial charge in [0.15, 0.2) is 0 Å². The summed E-state index contributed by atoms with van der Waals surface area (Å²) < 4.78 is 39.3. The van der Waals surface area contributed by atoms with E-state index in [1.807, 2.05) is 26.8 Å². The molecule has 0 saturated heterocycles. The molecular weight excluding hydrogens is 586 g/mol. The van der Waals surface area contributed by atoms with Crippen LogP contribution in [0.1, 0.15) is 64.2 Å². The number of ketones is 1. The molecule has 0 atom stereocenters. The number of carbonyl (C=O) groups excluding carboxylic acids is 1. The fraction of sp³-hybridized carbons (Fsp3) is 0.444. The Kier molecular flexibility index (Phi) is 9.97. The number of benzene rings is 2. The quantitative estimate of drug-likeness (QED) is 0.125. The van der Waals surface area contributed by atoms with E-state index in [4.69, 9.17) is 4.74 Å². The average Bonchev–Trinajstić information content (AvgIpc) is 3.20. The molecule has 0 radical (unpaired) electrons. The Labute approximate surface area is 268 Å². The minimum atomic E-state index is -4.39. The smallest absolute Gasteiger partial charge is 0.294 e. The van der Waals surface area contributed by atoms with Crippen LogP contribution in [0.5, 0.6) is 0 Å². The van der Waals surface area contributed by atoms with Crippen molar-refractivity contribution in [1.82, 2.24) is 4.90 Å². The van der Waals surface area contributed by atoms with Gasteiger partial charge in [0.05, 0.1) is 23.2 Å². The molecule has 4 rings (SSSR count). The summed E-state index contributed by atoms with van der Waals surface area (Å²) in [7, 11) is 0.964. The largest absolute Gasteiger partial charge is 0.495 e. The molecule has 2 aliphatic rings. The summed E-state index contributed by atoms with van der Waals surface area (Å²) in [5.74, 6) is 0.375. The van der Waals surface area contributed by atoms with Gasteiger partial charge in [-0.15, -0.1) is 0 Å². The number of rotatable bonds is 12. The van der Waals surface area contributed by atoms with Crippen LogP contribution in [0.3, 0.4) is 0 Å². The number of aryl methyl sites for hydroxylation is 1. The van der Waals surface area contributed by atoms with Gasteiger partial charge in [0.1, 0.15) is 5.76 Å². The Morgan fingerprint density at radius 1 is 1.16 bits per heavy atom. The molecule has 0 unspecified atom stereocenters. The van der Waals surface area contributed by atoms with E-state index >= 15 is 0 Å². The van der Waals surface area contributed by atoms with Crippen LogP contribution in [-0.2, 0) is 30.5 Å². The number of fused-ring (bicyclic) bond motifs is 1. The van der Waals surface area contributed by atoms with E-state index in [0.29, 0.717) is 28.2 Å². The van der Waals surface area contributed by atoms with Gasteiger partial charge in [-0.25, -0.2) is 0 Å². The fourth-order valence-corrected chi connectivity index (χ4v) is 6.95. The van der Waals surface area contributed by atoms with E-state index < -0.39 is 15.5 Å². The number of hydrogen-bond donors (Lipinski definition) is 1. The predicted molar refractivity (Wildman–Crippen MR) is 182 cm³/mol. The van der Waals surface area contributed by atoms with Crippen molar-refractivity contribution in [2.24, 2.45) is 4.99 Å². The van der Waals surface area contributed by atoms with Crippen molar-refractivity contribution in [2.45, 2.75) is 70.1 Å². The summed E-state index contributed by atoms with van der Waals surface area (Å²) in [5, 5.41) is 0. The summed E-state index contributed by atoms with van der Waals surface area (Å²) in [5.41, 5.74) is 5.41. The van der Waals surface area contributed by atoms with Crippen LogP contribution in [0.15, 0.2) is 87.1 Å². The molecule has 2 aromatic rings. The zero-order chi connectivity index (χ0) is 33.3. The standard InChI is InChI=1S/C36H47N3O5S/c1-10-38(8)19-13-14-20-39-30-16-12-11-15-28(30)36(5,6)32(39)23-27-33(40)26(34(27)44-9)22-31(37-7)35(3,4)29-21-25(45(41,42)43)18-17-24(29)2/h11-12,15-18,21-23H,10,13-14,19-20H2,1-9H3,(H,41,42,43)/b26-22+,32-23+,37-31+. The number of para-hydroxylation sites is 1. The van der Waals surface area contributed by atoms with Crippen LogP contribution in [0.25, 0.3) is 0 Å². The lowest BCUT2D eigenvalue weighted by Gasteiger charge is -2.31. The Morgan fingerprint density at radius 2 is 1.84 bits per heavy atom. The van der Waals surface area contributed by atoms with Crippen molar-refractivity contribution < 1.29 is 22.5 Å². The predicted octanol–water partition coefficient (Wildman–Crippen LogP) is 6.41. The van der Waals surface area contributed by atoms with E-state index in [1.165, 1.54) is 23.4 Å². The first-order valence-corrected chi connectivity index (χ1v) is 16.9. The van der Waals surface area contributed by atoms with Gasteiger partial charge < -0.3 is 14.5 Å². The molecule has 1 aliphatic heterocycles. The van der Waals surface area contributed by atoms with Crippen molar-refractivity contribution in [3.05, 3.63) is 93.9 Å². The summed E-state index contributed by atoms with van der Waals surface area (Å²) in [6, 6.07) is 12.9. The molecule has 2 aromatic carbocycles. The maximum absolute atomic E-state index is 13.8. The first-order valence-electron chi connectivity index (χ1n) is 15.5. The monoisotopic (exact) mass is 633 g/mol. The Hall–Kier alpha value is -3.53. The van der Waals surface area contributed by atoms with Crippen molar-refractivity contribution in [2.75, 3.05) is 45.7 Å². The third-order valence-electron chi connectivity index (χ3n) is 9.32. The fourth-order valence-electron chi connectivity index (χ4n) is 6.44. The van der Waals surface area contributed by atoms with Crippen LogP contribution < -0.4 is 4.90 Å². The molecule has 8 nitrogen and oxygen atoms in total. The number of methoxy groups -OCH3 is 1. The lowest BCUT2D eigenvalue weighted by atomic mass is 9.75. The SMILES string of the molecule is CCN(C)CCCCN1/C(=C/C2=C(OC)C(=C/C(=N\C)C(C)(C)c3cc(S(=O)(=O)O)ccc3C)/C2=O)C(C)(C)c2ccccc21. The summed E-state index contributed by atoms with van der Waals surface area (Å²) in [6.07, 6.45) is 5.82. The van der Waals surface area contributed by atoms with Crippen molar-refractivity contribution >= 4 is 27.3 Å². The number of Topliss-reactive ketones (excluding diaryl/α,β-unsaturated/α-hetero) is 1. The van der Waals surface area contributed by atoms with E-state index in [-0.39, 0.29) is 16.1 Å². The number of ether oxygens (including phenoxy) is 1. The van der Waals surface area contributed by atoms with Crippen LogP contribution in [0.4, 0.5) is 5.69 Å². The third-order valence-corrected chi connectivity index (χ3v) is 10.2. The van der Waals surface area contributed by atoms with Gasteiger partial charge in [-0.1, -0.05) is 58.9 Å². The van der Waals surface area contributed by atoms with Crippen molar-refractivity contribution in [3.63, 3.8) is 0 Å². The molecule has 0 amide bonds. The van der Waals surface area contributed by atoms with Crippen molar-refractivity contribution in [3.8, 4) is 0 Å². The summed E-state index contributed by atoms with van der Waals surface area (Å²) >= 11 is 0. The van der Waals surface area contributed by atoms with Crippen LogP contribution in [0, 0.1) is 6.92 Å². The number of aliphatic imine (C=N–C) groups is 1. The normalized spacial score (nSPS) is 18.7. The molecule has 1 N–H and O–H groups in total. The molecular formula is C36H47N3O5S. The van der Waals surface area contributed by atoms with E-state index in [2.05, 4.69) is 66.9 Å².